The molecule has 0 aromatic heterocycles. The second-order valence-electron chi connectivity index (χ2n) is 3.28. The standard InChI is InChI=1S/C10H8F4N2/c11-8-2-1-6(3-7(8)5-15)9(16)4-10(12,13)14/h1-3,9H,4,16H2/t9-/m0/s1. The summed E-state index contributed by atoms with van der Waals surface area (Å²) < 4.78 is 49.0. The van der Waals surface area contributed by atoms with E-state index >= 15 is 0 Å². The molecule has 0 fully saturated rings. The average Bonchev–Trinajstić information content (AvgIpc) is 2.15. The van der Waals surface area contributed by atoms with E-state index in [9.17, 15) is 17.6 Å². The minimum atomic E-state index is -4.39. The van der Waals surface area contributed by atoms with Crippen LogP contribution < -0.4 is 5.73 Å². The molecule has 6 heteroatoms. The van der Waals surface area contributed by atoms with Gasteiger partial charge in [0.05, 0.1) is 12.0 Å². The van der Waals surface area contributed by atoms with Gasteiger partial charge in [0.2, 0.25) is 0 Å². The summed E-state index contributed by atoms with van der Waals surface area (Å²) in [5.41, 5.74) is 5.09. The van der Waals surface area contributed by atoms with E-state index in [0.717, 1.165) is 18.2 Å². The summed E-state index contributed by atoms with van der Waals surface area (Å²) in [6, 6.07) is 3.37. The van der Waals surface area contributed by atoms with E-state index in [1.54, 1.807) is 6.07 Å². The van der Waals surface area contributed by atoms with Gasteiger partial charge >= 0.3 is 6.18 Å². The van der Waals surface area contributed by atoms with Gasteiger partial charge in [-0.3, -0.25) is 0 Å². The molecule has 0 bridgehead atoms. The highest BCUT2D eigenvalue weighted by Crippen LogP contribution is 2.28. The van der Waals surface area contributed by atoms with Gasteiger partial charge in [0.15, 0.2) is 0 Å². The van der Waals surface area contributed by atoms with Gasteiger partial charge in [-0.15, -0.1) is 0 Å². The first kappa shape index (κ1) is 12.5. The van der Waals surface area contributed by atoms with Crippen LogP contribution in [-0.2, 0) is 0 Å². The Morgan fingerprint density at radius 3 is 2.50 bits per heavy atom. The summed E-state index contributed by atoms with van der Waals surface area (Å²) in [4.78, 5) is 0. The van der Waals surface area contributed by atoms with E-state index in [2.05, 4.69) is 0 Å². The summed E-state index contributed by atoms with van der Waals surface area (Å²) in [6.45, 7) is 0. The van der Waals surface area contributed by atoms with Crippen molar-refractivity contribution >= 4 is 0 Å². The predicted octanol–water partition coefficient (Wildman–Crippen LogP) is 2.65. The lowest BCUT2D eigenvalue weighted by molar-refractivity contribution is -0.138. The number of rotatable bonds is 2. The van der Waals surface area contributed by atoms with Crippen LogP contribution in [0.1, 0.15) is 23.6 Å². The molecule has 1 aromatic rings. The van der Waals surface area contributed by atoms with Crippen LogP contribution in [0, 0.1) is 17.1 Å². The molecule has 0 radical (unpaired) electrons. The Labute approximate surface area is 89.3 Å². The number of alkyl halides is 3. The molecule has 1 atom stereocenters. The Balaban J connectivity index is 2.93. The molecule has 1 aromatic carbocycles. The molecule has 86 valence electrons. The molecular weight excluding hydrogens is 224 g/mol. The Morgan fingerprint density at radius 1 is 1.38 bits per heavy atom. The van der Waals surface area contributed by atoms with Crippen molar-refractivity contribution in [2.24, 2.45) is 5.73 Å². The first-order valence-electron chi connectivity index (χ1n) is 4.35. The first-order chi connectivity index (χ1) is 7.33. The van der Waals surface area contributed by atoms with Gasteiger partial charge in [0, 0.05) is 6.04 Å². The molecule has 2 nitrogen and oxygen atoms in total. The smallest absolute Gasteiger partial charge is 0.324 e. The number of nitriles is 1. The molecule has 0 aliphatic heterocycles. The van der Waals surface area contributed by atoms with E-state index in [1.165, 1.54) is 0 Å². The van der Waals surface area contributed by atoms with E-state index in [0.29, 0.717) is 0 Å². The zero-order valence-electron chi connectivity index (χ0n) is 8.05. The topological polar surface area (TPSA) is 49.8 Å². The average molecular weight is 232 g/mol. The number of hydrogen-bond acceptors (Lipinski definition) is 2. The number of hydrogen-bond donors (Lipinski definition) is 1. The monoisotopic (exact) mass is 232 g/mol. The van der Waals surface area contributed by atoms with Crippen LogP contribution in [0.15, 0.2) is 18.2 Å². The molecule has 1 rings (SSSR count). The van der Waals surface area contributed by atoms with E-state index in [-0.39, 0.29) is 11.1 Å². The molecule has 0 saturated heterocycles. The van der Waals surface area contributed by atoms with Gasteiger partial charge in [-0.25, -0.2) is 4.39 Å². The molecule has 0 amide bonds. The Kier molecular flexibility index (Phi) is 3.50. The molecule has 2 N–H and O–H groups in total. The lowest BCUT2D eigenvalue weighted by atomic mass is 10.0. The van der Waals surface area contributed by atoms with Crippen LogP contribution in [0.3, 0.4) is 0 Å². The van der Waals surface area contributed by atoms with Gasteiger partial charge < -0.3 is 5.73 Å². The van der Waals surface area contributed by atoms with Crippen molar-refractivity contribution in [3.63, 3.8) is 0 Å². The fourth-order valence-electron chi connectivity index (χ4n) is 1.23. The van der Waals surface area contributed by atoms with E-state index in [1.807, 2.05) is 0 Å². The molecular formula is C10H8F4N2. The number of nitrogens with zero attached hydrogens (tertiary/aromatic N) is 1. The van der Waals surface area contributed by atoms with Crippen molar-refractivity contribution in [1.29, 1.82) is 5.26 Å². The second-order valence-corrected chi connectivity index (χ2v) is 3.28. The Bertz CT molecular complexity index is 420. The van der Waals surface area contributed by atoms with Crippen molar-refractivity contribution in [2.75, 3.05) is 0 Å². The fraction of sp³-hybridized carbons (Fsp3) is 0.300. The minimum absolute atomic E-state index is 0.0928. The number of nitrogens with two attached hydrogens (primary N) is 1. The van der Waals surface area contributed by atoms with Crippen LogP contribution in [0.4, 0.5) is 17.6 Å². The quantitative estimate of drug-likeness (QED) is 0.797. The second kappa shape index (κ2) is 4.49. The molecule has 0 aliphatic rings. The number of benzene rings is 1. The van der Waals surface area contributed by atoms with Crippen LogP contribution in [0.25, 0.3) is 0 Å². The predicted molar refractivity (Wildman–Crippen MR) is 48.7 cm³/mol. The van der Waals surface area contributed by atoms with Crippen LogP contribution in [0.2, 0.25) is 0 Å². The van der Waals surface area contributed by atoms with Crippen LogP contribution in [0.5, 0.6) is 0 Å². The Morgan fingerprint density at radius 2 is 2.00 bits per heavy atom. The maximum atomic E-state index is 12.9. The molecule has 0 aliphatic carbocycles. The van der Waals surface area contributed by atoms with Crippen LogP contribution in [-0.4, -0.2) is 6.18 Å². The Hall–Kier alpha value is -1.61. The largest absolute Gasteiger partial charge is 0.390 e. The highest BCUT2D eigenvalue weighted by Gasteiger charge is 2.31. The summed E-state index contributed by atoms with van der Waals surface area (Å²) in [5.74, 6) is -0.773. The van der Waals surface area contributed by atoms with Gasteiger partial charge in [0.25, 0.3) is 0 Å². The maximum absolute atomic E-state index is 12.9. The maximum Gasteiger partial charge on any atom is 0.390 e. The summed E-state index contributed by atoms with van der Waals surface area (Å²) in [5, 5.41) is 8.50. The minimum Gasteiger partial charge on any atom is -0.324 e. The van der Waals surface area contributed by atoms with Crippen molar-refractivity contribution in [3.05, 3.63) is 35.1 Å². The van der Waals surface area contributed by atoms with E-state index in [4.69, 9.17) is 11.0 Å². The van der Waals surface area contributed by atoms with Crippen LogP contribution >= 0.6 is 0 Å². The lowest BCUT2D eigenvalue weighted by Crippen LogP contribution is -2.20. The summed E-state index contributed by atoms with van der Waals surface area (Å²) in [6.07, 6.45) is -5.59. The van der Waals surface area contributed by atoms with Crippen molar-refractivity contribution in [1.82, 2.24) is 0 Å². The normalized spacial score (nSPS) is 13.2. The van der Waals surface area contributed by atoms with E-state index < -0.39 is 24.5 Å². The first-order valence-corrected chi connectivity index (χ1v) is 4.35. The van der Waals surface area contributed by atoms with Gasteiger partial charge in [-0.1, -0.05) is 6.07 Å². The third-order valence-electron chi connectivity index (χ3n) is 1.99. The highest BCUT2D eigenvalue weighted by atomic mass is 19.4. The van der Waals surface area contributed by atoms with Gasteiger partial charge in [0.1, 0.15) is 11.9 Å². The van der Waals surface area contributed by atoms with Crippen molar-refractivity contribution in [3.8, 4) is 6.07 Å². The van der Waals surface area contributed by atoms with Crippen molar-refractivity contribution < 1.29 is 17.6 Å². The molecule has 0 saturated carbocycles. The zero-order chi connectivity index (χ0) is 12.3. The number of halogens is 4. The molecule has 0 heterocycles. The van der Waals surface area contributed by atoms with Gasteiger partial charge in [-0.05, 0) is 17.7 Å². The molecule has 16 heavy (non-hydrogen) atoms. The molecule has 0 spiro atoms. The summed E-state index contributed by atoms with van der Waals surface area (Å²) in [7, 11) is 0. The third-order valence-corrected chi connectivity index (χ3v) is 1.99. The summed E-state index contributed by atoms with van der Waals surface area (Å²) >= 11 is 0. The van der Waals surface area contributed by atoms with Crippen molar-refractivity contribution in [2.45, 2.75) is 18.6 Å². The molecule has 0 unspecified atom stereocenters. The lowest BCUT2D eigenvalue weighted by Gasteiger charge is -2.14. The third kappa shape index (κ3) is 3.21. The highest BCUT2D eigenvalue weighted by molar-refractivity contribution is 5.35. The van der Waals surface area contributed by atoms with Gasteiger partial charge in [-0.2, -0.15) is 18.4 Å². The SMILES string of the molecule is N#Cc1cc([C@@H](N)CC(F)(F)F)ccc1F. The zero-order valence-corrected chi connectivity index (χ0v) is 8.05. The fourth-order valence-corrected chi connectivity index (χ4v) is 1.23.